The van der Waals surface area contributed by atoms with E-state index in [1.807, 2.05) is 12.1 Å². The predicted molar refractivity (Wildman–Crippen MR) is 84.4 cm³/mol. The van der Waals surface area contributed by atoms with Crippen molar-refractivity contribution in [3.05, 3.63) is 84.4 Å². The SMILES string of the molecule is C=CC(CCO[SiH3])(c1ccccc1)c1ccccc1. The first-order valence-electron chi connectivity index (χ1n) is 6.57. The highest BCUT2D eigenvalue weighted by molar-refractivity contribution is 5.97. The maximum absolute atomic E-state index is 5.43. The first kappa shape index (κ1) is 13.8. The number of allylic oxidation sites excluding steroid dienone is 1. The van der Waals surface area contributed by atoms with Gasteiger partial charge in [0.1, 0.15) is 10.5 Å². The number of hydrogen-bond acceptors (Lipinski definition) is 1. The van der Waals surface area contributed by atoms with Gasteiger partial charge in [-0.2, -0.15) is 0 Å². The predicted octanol–water partition coefficient (Wildman–Crippen LogP) is 2.85. The van der Waals surface area contributed by atoms with Crippen LogP contribution in [-0.4, -0.2) is 17.1 Å². The molecule has 19 heavy (non-hydrogen) atoms. The molecule has 0 aliphatic rings. The van der Waals surface area contributed by atoms with Crippen molar-refractivity contribution in [1.29, 1.82) is 0 Å². The molecule has 0 amide bonds. The fourth-order valence-electron chi connectivity index (χ4n) is 2.53. The Hall–Kier alpha value is -1.64. The van der Waals surface area contributed by atoms with Gasteiger partial charge in [0.2, 0.25) is 0 Å². The summed E-state index contributed by atoms with van der Waals surface area (Å²) in [5.74, 6) is 0. The van der Waals surface area contributed by atoms with E-state index in [-0.39, 0.29) is 5.41 Å². The third kappa shape index (κ3) is 2.86. The average Bonchev–Trinajstić information content (AvgIpc) is 2.51. The number of rotatable bonds is 6. The standard InChI is InChI=1S/C17H20OSi/c1-2-17(13-14-18-19,15-9-5-3-6-10-15)16-11-7-4-8-12-16/h2-12H,1,13-14H2,19H3. The summed E-state index contributed by atoms with van der Waals surface area (Å²) in [5, 5.41) is 0. The minimum absolute atomic E-state index is 0.160. The fourth-order valence-corrected chi connectivity index (χ4v) is 2.73. The lowest BCUT2D eigenvalue weighted by Gasteiger charge is -2.32. The van der Waals surface area contributed by atoms with Crippen LogP contribution in [0.1, 0.15) is 17.5 Å². The largest absolute Gasteiger partial charge is 0.428 e. The van der Waals surface area contributed by atoms with Gasteiger partial charge in [0, 0.05) is 12.0 Å². The molecule has 2 aromatic rings. The van der Waals surface area contributed by atoms with Crippen molar-refractivity contribution < 1.29 is 4.43 Å². The summed E-state index contributed by atoms with van der Waals surface area (Å²) in [7, 11) is 0.775. The van der Waals surface area contributed by atoms with E-state index in [0.29, 0.717) is 0 Å². The van der Waals surface area contributed by atoms with Crippen molar-refractivity contribution in [2.45, 2.75) is 11.8 Å². The zero-order valence-electron chi connectivity index (χ0n) is 11.4. The van der Waals surface area contributed by atoms with Crippen LogP contribution < -0.4 is 0 Å². The van der Waals surface area contributed by atoms with Gasteiger partial charge in [-0.05, 0) is 17.5 Å². The summed E-state index contributed by atoms with van der Waals surface area (Å²) >= 11 is 0. The van der Waals surface area contributed by atoms with E-state index >= 15 is 0 Å². The summed E-state index contributed by atoms with van der Waals surface area (Å²) in [6.07, 6.45) is 2.98. The van der Waals surface area contributed by atoms with Crippen LogP contribution in [-0.2, 0) is 9.84 Å². The van der Waals surface area contributed by atoms with E-state index in [2.05, 4.69) is 61.2 Å². The van der Waals surface area contributed by atoms with Crippen LogP contribution in [0.3, 0.4) is 0 Å². The molecule has 2 aromatic carbocycles. The molecule has 0 N–H and O–H groups in total. The van der Waals surface area contributed by atoms with Crippen molar-refractivity contribution in [2.75, 3.05) is 6.61 Å². The molecule has 2 heteroatoms. The molecule has 0 bridgehead atoms. The highest BCUT2D eigenvalue weighted by atomic mass is 28.2. The van der Waals surface area contributed by atoms with Crippen molar-refractivity contribution >= 4 is 10.5 Å². The van der Waals surface area contributed by atoms with E-state index in [4.69, 9.17) is 4.43 Å². The Labute approximate surface area is 118 Å². The molecule has 1 nitrogen and oxygen atoms in total. The highest BCUT2D eigenvalue weighted by Gasteiger charge is 2.30. The summed E-state index contributed by atoms with van der Waals surface area (Å²) in [6, 6.07) is 21.1. The Kier molecular flexibility index (Phi) is 4.72. The maximum atomic E-state index is 5.43. The van der Waals surface area contributed by atoms with Gasteiger partial charge in [-0.3, -0.25) is 0 Å². The molecular formula is C17H20OSi. The molecule has 0 heterocycles. The van der Waals surface area contributed by atoms with Crippen LogP contribution >= 0.6 is 0 Å². The van der Waals surface area contributed by atoms with Gasteiger partial charge in [0.05, 0.1) is 0 Å². The number of hydrogen-bond donors (Lipinski definition) is 0. The van der Waals surface area contributed by atoms with Crippen LogP contribution in [0.15, 0.2) is 73.3 Å². The molecule has 0 aliphatic heterocycles. The topological polar surface area (TPSA) is 9.23 Å². The first-order valence-corrected chi connectivity index (χ1v) is 7.39. The molecule has 0 unspecified atom stereocenters. The normalized spacial score (nSPS) is 11.4. The molecule has 0 radical (unpaired) electrons. The van der Waals surface area contributed by atoms with E-state index in [9.17, 15) is 0 Å². The molecule has 0 atom stereocenters. The summed E-state index contributed by atoms with van der Waals surface area (Å²) in [5.41, 5.74) is 2.39. The Morgan fingerprint density at radius 2 is 1.42 bits per heavy atom. The van der Waals surface area contributed by atoms with E-state index in [0.717, 1.165) is 23.5 Å². The van der Waals surface area contributed by atoms with Gasteiger partial charge >= 0.3 is 0 Å². The monoisotopic (exact) mass is 268 g/mol. The minimum Gasteiger partial charge on any atom is -0.428 e. The van der Waals surface area contributed by atoms with Gasteiger partial charge in [-0.15, -0.1) is 6.58 Å². The molecule has 0 saturated heterocycles. The van der Waals surface area contributed by atoms with Crippen molar-refractivity contribution in [3.63, 3.8) is 0 Å². The Bertz CT molecular complexity index is 468. The van der Waals surface area contributed by atoms with Gasteiger partial charge in [-0.25, -0.2) is 0 Å². The lowest BCUT2D eigenvalue weighted by atomic mass is 9.72. The smallest absolute Gasteiger partial charge is 0.145 e. The Balaban J connectivity index is 2.51. The van der Waals surface area contributed by atoms with Crippen LogP contribution in [0.5, 0.6) is 0 Å². The molecule has 2 rings (SSSR count). The third-order valence-corrected chi connectivity index (χ3v) is 4.04. The zero-order chi connectivity index (χ0) is 13.6. The molecule has 98 valence electrons. The molecule has 0 aliphatic carbocycles. The summed E-state index contributed by atoms with van der Waals surface area (Å²) in [4.78, 5) is 0. The van der Waals surface area contributed by atoms with Crippen molar-refractivity contribution in [1.82, 2.24) is 0 Å². The first-order chi connectivity index (χ1) is 9.33. The van der Waals surface area contributed by atoms with Crippen molar-refractivity contribution in [3.8, 4) is 0 Å². The lowest BCUT2D eigenvalue weighted by Crippen LogP contribution is -2.26. The van der Waals surface area contributed by atoms with Gasteiger partial charge in [0.15, 0.2) is 0 Å². The Morgan fingerprint density at radius 3 is 1.79 bits per heavy atom. The summed E-state index contributed by atoms with van der Waals surface area (Å²) < 4.78 is 5.43. The molecular weight excluding hydrogens is 248 g/mol. The zero-order valence-corrected chi connectivity index (χ0v) is 13.4. The van der Waals surface area contributed by atoms with Crippen LogP contribution in [0.2, 0.25) is 0 Å². The average molecular weight is 268 g/mol. The van der Waals surface area contributed by atoms with Gasteiger partial charge in [-0.1, -0.05) is 66.7 Å². The maximum Gasteiger partial charge on any atom is 0.145 e. The molecule has 0 spiro atoms. The van der Waals surface area contributed by atoms with Gasteiger partial charge < -0.3 is 4.43 Å². The molecule has 0 fully saturated rings. The summed E-state index contributed by atoms with van der Waals surface area (Å²) in [6.45, 7) is 4.86. The van der Waals surface area contributed by atoms with E-state index in [1.54, 1.807) is 0 Å². The number of benzene rings is 2. The molecule has 0 saturated carbocycles. The fraction of sp³-hybridized carbons (Fsp3) is 0.176. The third-order valence-electron chi connectivity index (χ3n) is 3.63. The molecule has 0 aromatic heterocycles. The lowest BCUT2D eigenvalue weighted by molar-refractivity contribution is 0.314. The van der Waals surface area contributed by atoms with Crippen molar-refractivity contribution in [2.24, 2.45) is 0 Å². The second-order valence-corrected chi connectivity index (χ2v) is 5.23. The van der Waals surface area contributed by atoms with E-state index < -0.39 is 0 Å². The highest BCUT2D eigenvalue weighted by Crippen LogP contribution is 2.36. The second-order valence-electron chi connectivity index (χ2n) is 4.65. The van der Waals surface area contributed by atoms with E-state index in [1.165, 1.54) is 11.1 Å². The van der Waals surface area contributed by atoms with Crippen LogP contribution in [0, 0.1) is 0 Å². The van der Waals surface area contributed by atoms with Crippen LogP contribution in [0.25, 0.3) is 0 Å². The minimum atomic E-state index is -0.160. The van der Waals surface area contributed by atoms with Gasteiger partial charge in [0.25, 0.3) is 0 Å². The Morgan fingerprint density at radius 1 is 0.947 bits per heavy atom. The van der Waals surface area contributed by atoms with Crippen LogP contribution in [0.4, 0.5) is 0 Å². The second kappa shape index (κ2) is 6.50. The quantitative estimate of drug-likeness (QED) is 0.578.